The number of morpholine rings is 1. The van der Waals surface area contributed by atoms with Crippen LogP contribution in [0.5, 0.6) is 5.75 Å². The summed E-state index contributed by atoms with van der Waals surface area (Å²) in [6, 6.07) is 13.3. The van der Waals surface area contributed by atoms with Crippen molar-refractivity contribution in [3.05, 3.63) is 53.7 Å². The topological polar surface area (TPSA) is 79.5 Å². The molecule has 146 valence electrons. The highest BCUT2D eigenvalue weighted by Gasteiger charge is 2.15. The Morgan fingerprint density at radius 1 is 1.25 bits per heavy atom. The van der Waals surface area contributed by atoms with Gasteiger partial charge in [-0.2, -0.15) is 5.10 Å². The molecule has 7 nitrogen and oxygen atoms in total. The molecule has 1 saturated heterocycles. The minimum atomic E-state index is -0.248. The predicted molar refractivity (Wildman–Crippen MR) is 108 cm³/mol. The number of ether oxygens (including phenoxy) is 2. The Bertz CT molecular complexity index is 963. The minimum Gasteiger partial charge on any atom is -0.492 e. The number of hydrogen-bond donors (Lipinski definition) is 2. The lowest BCUT2D eigenvalue weighted by Crippen LogP contribution is -2.38. The van der Waals surface area contributed by atoms with Gasteiger partial charge in [-0.05, 0) is 31.2 Å². The number of rotatable bonds is 6. The van der Waals surface area contributed by atoms with Crippen molar-refractivity contribution in [1.29, 1.82) is 0 Å². The van der Waals surface area contributed by atoms with Gasteiger partial charge in [-0.1, -0.05) is 17.7 Å². The summed E-state index contributed by atoms with van der Waals surface area (Å²) in [4.78, 5) is 15.0. The van der Waals surface area contributed by atoms with E-state index >= 15 is 0 Å². The molecular weight excluding hydrogens is 356 g/mol. The van der Waals surface area contributed by atoms with Gasteiger partial charge in [-0.25, -0.2) is 0 Å². The third-order valence-electron chi connectivity index (χ3n) is 4.81. The molecule has 0 spiro atoms. The number of aromatic nitrogens is 2. The lowest BCUT2D eigenvalue weighted by Gasteiger charge is -2.26. The number of fused-ring (bicyclic) bond motifs is 1. The first-order valence-corrected chi connectivity index (χ1v) is 9.48. The van der Waals surface area contributed by atoms with Crippen LogP contribution in [0.15, 0.2) is 42.5 Å². The second-order valence-electron chi connectivity index (χ2n) is 6.91. The molecular formula is C21H24N4O3. The first-order chi connectivity index (χ1) is 13.7. The lowest BCUT2D eigenvalue weighted by molar-refractivity contribution is 0.0322. The number of aromatic amines is 1. The summed E-state index contributed by atoms with van der Waals surface area (Å²) in [5, 5.41) is 10.8. The average Bonchev–Trinajstić information content (AvgIpc) is 3.12. The number of anilines is 1. The van der Waals surface area contributed by atoms with Gasteiger partial charge in [-0.3, -0.25) is 14.8 Å². The van der Waals surface area contributed by atoms with Gasteiger partial charge in [0.15, 0.2) is 5.69 Å². The van der Waals surface area contributed by atoms with E-state index < -0.39 is 0 Å². The van der Waals surface area contributed by atoms with Crippen molar-refractivity contribution in [2.45, 2.75) is 6.92 Å². The van der Waals surface area contributed by atoms with Gasteiger partial charge in [0.1, 0.15) is 12.4 Å². The molecule has 7 heteroatoms. The van der Waals surface area contributed by atoms with E-state index in [0.717, 1.165) is 55.1 Å². The summed E-state index contributed by atoms with van der Waals surface area (Å²) in [7, 11) is 0. The third kappa shape index (κ3) is 4.32. The highest BCUT2D eigenvalue weighted by molar-refractivity contribution is 6.11. The van der Waals surface area contributed by atoms with E-state index in [9.17, 15) is 4.79 Å². The van der Waals surface area contributed by atoms with Crippen LogP contribution < -0.4 is 10.1 Å². The van der Waals surface area contributed by atoms with Crippen LogP contribution in [0.4, 0.5) is 5.69 Å². The monoisotopic (exact) mass is 380 g/mol. The molecule has 0 aliphatic carbocycles. The summed E-state index contributed by atoms with van der Waals surface area (Å²) in [5.41, 5.74) is 2.99. The quantitative estimate of drug-likeness (QED) is 0.687. The van der Waals surface area contributed by atoms with Crippen LogP contribution in [-0.4, -0.2) is 60.5 Å². The van der Waals surface area contributed by atoms with Crippen molar-refractivity contribution < 1.29 is 14.3 Å². The minimum absolute atomic E-state index is 0.248. The summed E-state index contributed by atoms with van der Waals surface area (Å²) < 4.78 is 11.2. The van der Waals surface area contributed by atoms with Gasteiger partial charge >= 0.3 is 0 Å². The van der Waals surface area contributed by atoms with E-state index in [4.69, 9.17) is 9.47 Å². The lowest BCUT2D eigenvalue weighted by atomic mass is 10.1. The Hall–Kier alpha value is -2.90. The van der Waals surface area contributed by atoms with Crippen LogP contribution >= 0.6 is 0 Å². The molecule has 1 aliphatic heterocycles. The maximum atomic E-state index is 12.7. The molecule has 0 unspecified atom stereocenters. The van der Waals surface area contributed by atoms with Gasteiger partial charge in [0.2, 0.25) is 0 Å². The van der Waals surface area contributed by atoms with Gasteiger partial charge in [0.25, 0.3) is 5.91 Å². The second kappa shape index (κ2) is 8.41. The van der Waals surface area contributed by atoms with Crippen LogP contribution in [-0.2, 0) is 4.74 Å². The van der Waals surface area contributed by atoms with Crippen LogP contribution in [0.2, 0.25) is 0 Å². The molecule has 1 aliphatic rings. The van der Waals surface area contributed by atoms with E-state index in [1.807, 2.05) is 49.4 Å². The summed E-state index contributed by atoms with van der Waals surface area (Å²) in [6.07, 6.45) is 0. The van der Waals surface area contributed by atoms with E-state index in [2.05, 4.69) is 20.4 Å². The van der Waals surface area contributed by atoms with Gasteiger partial charge in [0.05, 0.1) is 18.7 Å². The molecule has 0 atom stereocenters. The molecule has 28 heavy (non-hydrogen) atoms. The highest BCUT2D eigenvalue weighted by atomic mass is 16.5. The Balaban J connectivity index is 1.38. The molecule has 2 N–H and O–H groups in total. The van der Waals surface area contributed by atoms with Crippen molar-refractivity contribution in [2.75, 3.05) is 44.8 Å². The van der Waals surface area contributed by atoms with Crippen LogP contribution in [0.25, 0.3) is 10.9 Å². The Kier molecular flexibility index (Phi) is 5.55. The maximum Gasteiger partial charge on any atom is 0.276 e. The largest absolute Gasteiger partial charge is 0.492 e. The van der Waals surface area contributed by atoms with Crippen molar-refractivity contribution in [1.82, 2.24) is 15.1 Å². The third-order valence-corrected chi connectivity index (χ3v) is 4.81. The van der Waals surface area contributed by atoms with Crippen molar-refractivity contribution in [3.8, 4) is 5.75 Å². The highest BCUT2D eigenvalue weighted by Crippen LogP contribution is 2.21. The molecule has 0 saturated carbocycles. The van der Waals surface area contributed by atoms with E-state index in [-0.39, 0.29) is 5.91 Å². The fraction of sp³-hybridized carbons (Fsp3) is 0.333. The normalized spacial score (nSPS) is 14.9. The van der Waals surface area contributed by atoms with Gasteiger partial charge < -0.3 is 14.8 Å². The number of hydrogen-bond acceptors (Lipinski definition) is 5. The predicted octanol–water partition coefficient (Wildman–Crippen LogP) is 2.83. The Labute approximate surface area is 163 Å². The summed E-state index contributed by atoms with van der Waals surface area (Å²) >= 11 is 0. The van der Waals surface area contributed by atoms with Crippen molar-refractivity contribution in [3.63, 3.8) is 0 Å². The first kappa shape index (κ1) is 18.5. The van der Waals surface area contributed by atoms with E-state index in [1.54, 1.807) is 0 Å². The molecule has 1 fully saturated rings. The molecule has 0 radical (unpaired) electrons. The number of aryl methyl sites for hydroxylation is 1. The number of nitrogens with one attached hydrogen (secondary N) is 2. The van der Waals surface area contributed by atoms with Crippen LogP contribution in [0, 0.1) is 6.92 Å². The smallest absolute Gasteiger partial charge is 0.276 e. The molecule has 1 amide bonds. The fourth-order valence-corrected chi connectivity index (χ4v) is 3.27. The first-order valence-electron chi connectivity index (χ1n) is 9.48. The number of H-pyrrole nitrogens is 1. The van der Waals surface area contributed by atoms with E-state index in [0.29, 0.717) is 18.0 Å². The van der Waals surface area contributed by atoms with Gasteiger partial charge in [0, 0.05) is 36.8 Å². The number of nitrogens with zero attached hydrogens (tertiary/aromatic N) is 2. The zero-order chi connectivity index (χ0) is 19.3. The number of carbonyl (C=O) groups is 1. The van der Waals surface area contributed by atoms with Crippen LogP contribution in [0.1, 0.15) is 16.1 Å². The Morgan fingerprint density at radius 3 is 2.96 bits per heavy atom. The zero-order valence-electron chi connectivity index (χ0n) is 15.9. The van der Waals surface area contributed by atoms with E-state index in [1.165, 1.54) is 0 Å². The van der Waals surface area contributed by atoms with Gasteiger partial charge in [-0.15, -0.1) is 0 Å². The fourth-order valence-electron chi connectivity index (χ4n) is 3.27. The van der Waals surface area contributed by atoms with Crippen LogP contribution in [0.3, 0.4) is 0 Å². The SMILES string of the molecule is Cc1ccc2[nH]nc(C(=O)Nc3cccc(OCCN4CCOCC4)c3)c2c1. The molecule has 4 rings (SSSR count). The second-order valence-corrected chi connectivity index (χ2v) is 6.91. The molecule has 1 aromatic heterocycles. The zero-order valence-corrected chi connectivity index (χ0v) is 15.9. The number of carbonyl (C=O) groups excluding carboxylic acids is 1. The average molecular weight is 380 g/mol. The summed E-state index contributed by atoms with van der Waals surface area (Å²) in [6.45, 7) is 6.89. The molecule has 2 aromatic carbocycles. The molecule has 2 heterocycles. The van der Waals surface area contributed by atoms with Crippen molar-refractivity contribution >= 4 is 22.5 Å². The number of amides is 1. The maximum absolute atomic E-state index is 12.7. The molecule has 0 bridgehead atoms. The van der Waals surface area contributed by atoms with Crippen molar-refractivity contribution in [2.24, 2.45) is 0 Å². The standard InChI is InChI=1S/C21H24N4O3/c1-15-5-6-19-18(13-15)20(24-23-19)21(26)22-16-3-2-4-17(14-16)28-12-9-25-7-10-27-11-8-25/h2-6,13-14H,7-12H2,1H3,(H,22,26)(H,23,24). The summed E-state index contributed by atoms with van der Waals surface area (Å²) in [5.74, 6) is 0.483. The Morgan fingerprint density at radius 2 is 2.11 bits per heavy atom. The number of benzene rings is 2. The molecule has 3 aromatic rings.